The van der Waals surface area contributed by atoms with E-state index in [0.29, 0.717) is 6.42 Å². The Hall–Kier alpha value is -2.62. The van der Waals surface area contributed by atoms with Gasteiger partial charge in [-0.05, 0) is 28.7 Å². The van der Waals surface area contributed by atoms with Crippen molar-refractivity contribution >= 4 is 12.4 Å². The zero-order valence-corrected chi connectivity index (χ0v) is 14.4. The molecular formula is C21H23NO3. The fraction of sp³-hybridized carbons (Fsp3) is 0.333. The van der Waals surface area contributed by atoms with Gasteiger partial charge in [0.05, 0.1) is 6.04 Å². The van der Waals surface area contributed by atoms with E-state index in [9.17, 15) is 9.59 Å². The Bertz CT molecular complexity index is 711. The van der Waals surface area contributed by atoms with Crippen molar-refractivity contribution in [3.63, 3.8) is 0 Å². The molecule has 0 heterocycles. The molecule has 0 spiro atoms. The van der Waals surface area contributed by atoms with Crippen molar-refractivity contribution < 1.29 is 14.3 Å². The number of rotatable bonds is 7. The maximum Gasteiger partial charge on any atom is 0.407 e. The molecule has 2 aromatic rings. The van der Waals surface area contributed by atoms with E-state index < -0.39 is 12.1 Å². The summed E-state index contributed by atoms with van der Waals surface area (Å²) in [4.78, 5) is 23.1. The summed E-state index contributed by atoms with van der Waals surface area (Å²) in [7, 11) is 0. The lowest BCUT2D eigenvalue weighted by Crippen LogP contribution is -2.37. The van der Waals surface area contributed by atoms with Gasteiger partial charge in [-0.2, -0.15) is 0 Å². The molecule has 1 aliphatic rings. The summed E-state index contributed by atoms with van der Waals surface area (Å²) in [6.45, 7) is 2.31. The number of ether oxygens (including phenoxy) is 1. The number of amides is 1. The normalized spacial score (nSPS) is 13.6. The van der Waals surface area contributed by atoms with E-state index in [4.69, 9.17) is 4.74 Å². The van der Waals surface area contributed by atoms with Crippen LogP contribution in [0, 0.1) is 0 Å². The van der Waals surface area contributed by atoms with Crippen LogP contribution in [0.25, 0.3) is 11.1 Å². The number of alkyl carbamates (subject to hydrolysis) is 1. The topological polar surface area (TPSA) is 55.4 Å². The first-order chi connectivity index (χ1) is 12.2. The first kappa shape index (κ1) is 17.2. The highest BCUT2D eigenvalue weighted by atomic mass is 16.5. The zero-order chi connectivity index (χ0) is 17.6. The van der Waals surface area contributed by atoms with Gasteiger partial charge in [0.25, 0.3) is 0 Å². The standard InChI is InChI=1S/C21H23NO3/c1-2-3-8-15(13-23)22-21(24)25-14-20-18-11-6-4-9-16(18)17-10-5-7-12-19(17)20/h4-7,9-13,15,20H,2-3,8,14H2,1H3,(H,22,24)/t15-/m0/s1. The van der Waals surface area contributed by atoms with Crippen LogP contribution in [-0.4, -0.2) is 25.0 Å². The molecule has 0 saturated heterocycles. The molecule has 1 atom stereocenters. The van der Waals surface area contributed by atoms with E-state index in [1.807, 2.05) is 24.3 Å². The quantitative estimate of drug-likeness (QED) is 0.767. The molecule has 1 N–H and O–H groups in total. The van der Waals surface area contributed by atoms with E-state index in [1.54, 1.807) is 0 Å². The summed E-state index contributed by atoms with van der Waals surface area (Å²) in [5.41, 5.74) is 4.74. The predicted molar refractivity (Wildman–Crippen MR) is 97.6 cm³/mol. The van der Waals surface area contributed by atoms with Crippen LogP contribution in [0.1, 0.15) is 43.2 Å². The Morgan fingerprint density at radius 2 is 1.72 bits per heavy atom. The van der Waals surface area contributed by atoms with Crippen molar-refractivity contribution in [3.05, 3.63) is 59.7 Å². The summed E-state index contributed by atoms with van der Waals surface area (Å²) in [5, 5.41) is 2.64. The summed E-state index contributed by atoms with van der Waals surface area (Å²) < 4.78 is 5.44. The summed E-state index contributed by atoms with van der Waals surface area (Å²) in [6, 6.07) is 15.9. The molecule has 0 saturated carbocycles. The van der Waals surface area contributed by atoms with Gasteiger partial charge < -0.3 is 14.8 Å². The van der Waals surface area contributed by atoms with E-state index in [0.717, 1.165) is 19.1 Å². The van der Waals surface area contributed by atoms with Crippen molar-refractivity contribution in [2.45, 2.75) is 38.1 Å². The maximum absolute atomic E-state index is 12.1. The molecule has 0 radical (unpaired) electrons. The lowest BCUT2D eigenvalue weighted by atomic mass is 9.98. The van der Waals surface area contributed by atoms with Gasteiger partial charge in [-0.1, -0.05) is 68.3 Å². The second kappa shape index (κ2) is 7.97. The highest BCUT2D eigenvalue weighted by molar-refractivity contribution is 5.79. The number of fused-ring (bicyclic) bond motifs is 3. The number of aldehydes is 1. The van der Waals surface area contributed by atoms with Gasteiger partial charge in [-0.15, -0.1) is 0 Å². The SMILES string of the molecule is CCCC[C@@H](C=O)NC(=O)OCC1c2ccccc2-c2ccccc21. The fourth-order valence-electron chi connectivity index (χ4n) is 3.39. The van der Waals surface area contributed by atoms with Gasteiger partial charge in [-0.3, -0.25) is 0 Å². The lowest BCUT2D eigenvalue weighted by molar-refractivity contribution is -0.109. The third kappa shape index (κ3) is 3.73. The van der Waals surface area contributed by atoms with Crippen molar-refractivity contribution in [1.29, 1.82) is 0 Å². The second-order valence-electron chi connectivity index (χ2n) is 6.35. The Morgan fingerprint density at radius 1 is 1.12 bits per heavy atom. The second-order valence-corrected chi connectivity index (χ2v) is 6.35. The van der Waals surface area contributed by atoms with E-state index in [1.165, 1.54) is 22.3 Å². The van der Waals surface area contributed by atoms with E-state index in [2.05, 4.69) is 36.5 Å². The minimum atomic E-state index is -0.532. The minimum Gasteiger partial charge on any atom is -0.449 e. The summed E-state index contributed by atoms with van der Waals surface area (Å²) >= 11 is 0. The van der Waals surface area contributed by atoms with Gasteiger partial charge >= 0.3 is 6.09 Å². The van der Waals surface area contributed by atoms with Crippen LogP contribution in [0.3, 0.4) is 0 Å². The molecule has 25 heavy (non-hydrogen) atoms. The number of benzene rings is 2. The highest BCUT2D eigenvalue weighted by Crippen LogP contribution is 2.44. The number of unbranched alkanes of at least 4 members (excludes halogenated alkanes) is 1. The predicted octanol–water partition coefficient (Wildman–Crippen LogP) is 4.28. The molecule has 1 amide bonds. The maximum atomic E-state index is 12.1. The number of hydrogen-bond acceptors (Lipinski definition) is 3. The average Bonchev–Trinajstić information content (AvgIpc) is 2.97. The van der Waals surface area contributed by atoms with Crippen LogP contribution in [0.2, 0.25) is 0 Å². The van der Waals surface area contributed by atoms with Gasteiger partial charge in [-0.25, -0.2) is 4.79 Å². The van der Waals surface area contributed by atoms with E-state index >= 15 is 0 Å². The number of carbonyl (C=O) groups excluding carboxylic acids is 2. The third-order valence-electron chi connectivity index (χ3n) is 4.68. The van der Waals surface area contributed by atoms with Crippen molar-refractivity contribution in [2.24, 2.45) is 0 Å². The van der Waals surface area contributed by atoms with Gasteiger partial charge in [0.2, 0.25) is 0 Å². The smallest absolute Gasteiger partial charge is 0.407 e. The molecule has 0 fully saturated rings. The molecule has 1 aliphatic carbocycles. The van der Waals surface area contributed by atoms with Crippen LogP contribution >= 0.6 is 0 Å². The first-order valence-corrected chi connectivity index (χ1v) is 8.81. The van der Waals surface area contributed by atoms with Gasteiger partial charge in [0.1, 0.15) is 12.9 Å². The van der Waals surface area contributed by atoms with Crippen molar-refractivity contribution in [2.75, 3.05) is 6.61 Å². The molecule has 0 aliphatic heterocycles. The van der Waals surface area contributed by atoms with Crippen LogP contribution in [0.5, 0.6) is 0 Å². The van der Waals surface area contributed by atoms with Crippen LogP contribution in [0.15, 0.2) is 48.5 Å². The monoisotopic (exact) mass is 337 g/mol. The Kier molecular flexibility index (Phi) is 5.49. The fourth-order valence-corrected chi connectivity index (χ4v) is 3.39. The van der Waals surface area contributed by atoms with Crippen molar-refractivity contribution in [3.8, 4) is 11.1 Å². The lowest BCUT2D eigenvalue weighted by Gasteiger charge is -2.16. The molecule has 0 aromatic heterocycles. The molecule has 2 aromatic carbocycles. The highest BCUT2D eigenvalue weighted by Gasteiger charge is 2.29. The van der Waals surface area contributed by atoms with Crippen molar-refractivity contribution in [1.82, 2.24) is 5.32 Å². The largest absolute Gasteiger partial charge is 0.449 e. The molecule has 4 heteroatoms. The summed E-state index contributed by atoms with van der Waals surface area (Å²) in [5.74, 6) is 0.0310. The zero-order valence-electron chi connectivity index (χ0n) is 14.4. The number of nitrogens with one attached hydrogen (secondary N) is 1. The molecule has 0 bridgehead atoms. The Morgan fingerprint density at radius 3 is 2.28 bits per heavy atom. The number of carbonyl (C=O) groups is 2. The van der Waals surface area contributed by atoms with Gasteiger partial charge in [0.15, 0.2) is 0 Å². The first-order valence-electron chi connectivity index (χ1n) is 8.81. The third-order valence-corrected chi connectivity index (χ3v) is 4.68. The van der Waals surface area contributed by atoms with Crippen LogP contribution in [-0.2, 0) is 9.53 Å². The Labute approximate surface area is 148 Å². The number of hydrogen-bond donors (Lipinski definition) is 1. The van der Waals surface area contributed by atoms with Crippen LogP contribution in [0.4, 0.5) is 4.79 Å². The summed E-state index contributed by atoms with van der Waals surface area (Å²) in [6.07, 6.45) is 2.76. The van der Waals surface area contributed by atoms with Gasteiger partial charge in [0, 0.05) is 5.92 Å². The molecule has 0 unspecified atom stereocenters. The average molecular weight is 337 g/mol. The Balaban J connectivity index is 1.67. The molecule has 130 valence electrons. The van der Waals surface area contributed by atoms with E-state index in [-0.39, 0.29) is 12.5 Å². The molecular weight excluding hydrogens is 314 g/mol. The molecule has 4 nitrogen and oxygen atoms in total. The minimum absolute atomic E-state index is 0.0310. The van der Waals surface area contributed by atoms with Crippen LogP contribution < -0.4 is 5.32 Å². The molecule has 3 rings (SSSR count).